The number of carbonyl (C=O) groups is 5. The third kappa shape index (κ3) is 12.5. The van der Waals surface area contributed by atoms with E-state index in [1.54, 1.807) is 71.6 Å². The maximum absolute atomic E-state index is 12.9. The molecule has 72 heavy (non-hydrogen) atoms. The van der Waals surface area contributed by atoms with Crippen molar-refractivity contribution in [1.82, 2.24) is 20.4 Å². The number of amidine groups is 2. The van der Waals surface area contributed by atoms with Gasteiger partial charge in [0.1, 0.15) is 30.5 Å². The van der Waals surface area contributed by atoms with Crippen LogP contribution in [0.4, 0.5) is 21.0 Å². The average molecular weight is 997 g/mol. The van der Waals surface area contributed by atoms with Gasteiger partial charge < -0.3 is 24.8 Å². The number of benzene rings is 6. The molecule has 0 spiro atoms. The Morgan fingerprint density at radius 2 is 1.04 bits per heavy atom. The van der Waals surface area contributed by atoms with Crippen LogP contribution in [0.15, 0.2) is 133 Å². The van der Waals surface area contributed by atoms with Crippen molar-refractivity contribution in [1.29, 1.82) is 10.8 Å². The summed E-state index contributed by atoms with van der Waals surface area (Å²) in [5.74, 6) is -1.08. The molecule has 3 aliphatic heterocycles. The standard InChI is InChI=1S/C29H31N5O5.C23H21N3O6S/c1-38-26(35)19-33-15-13-32(14-16-33)17-23-18-34(29(37)39-23)22-11-9-21(10-12-22)27(30)31-28(36)25-8-4-6-20-5-2-3-7-24(20)25;1-33(29,30)31-14-18-13-26(23(28)32-18)17-11-9-16(10-12-17)21(24)25-22(27)20-8-4-6-15-5-2-3-7-19(15)20/h2-12,23H,13-19H2,1H3,(H2,30,31,36);2-12,18H,13-14H2,1H3,(H2,24,25,27). The average Bonchev–Trinajstić information content (AvgIpc) is 3.96. The number of cyclic esters (lactones) is 2. The molecule has 0 bridgehead atoms. The predicted octanol–water partition coefficient (Wildman–Crippen LogP) is 5.61. The van der Waals surface area contributed by atoms with Gasteiger partial charge in [-0.25, -0.2) is 9.59 Å². The Bertz CT molecular complexity index is 3130. The van der Waals surface area contributed by atoms with Crippen molar-refractivity contribution in [2.45, 2.75) is 12.2 Å². The molecule has 3 heterocycles. The molecule has 4 amide bonds. The van der Waals surface area contributed by atoms with Gasteiger partial charge in [0.15, 0.2) is 0 Å². The van der Waals surface area contributed by atoms with E-state index in [0.717, 1.165) is 54.0 Å². The fourth-order valence-corrected chi connectivity index (χ4v) is 8.88. The van der Waals surface area contributed by atoms with E-state index in [2.05, 4.69) is 20.4 Å². The van der Waals surface area contributed by atoms with Gasteiger partial charge in [0.2, 0.25) is 0 Å². The molecule has 6 aromatic carbocycles. The number of esters is 1. The first-order chi connectivity index (χ1) is 34.6. The van der Waals surface area contributed by atoms with E-state index in [1.807, 2.05) is 66.7 Å². The van der Waals surface area contributed by atoms with Crippen molar-refractivity contribution < 1.29 is 50.8 Å². The van der Waals surface area contributed by atoms with Gasteiger partial charge in [0.05, 0.1) is 33.0 Å². The molecule has 2 unspecified atom stereocenters. The lowest BCUT2D eigenvalue weighted by atomic mass is 10.0. The predicted molar refractivity (Wildman–Crippen MR) is 270 cm³/mol. The van der Waals surface area contributed by atoms with Crippen LogP contribution in [-0.2, 0) is 33.3 Å². The van der Waals surface area contributed by atoms with Crippen LogP contribution in [0.25, 0.3) is 21.5 Å². The smallest absolute Gasteiger partial charge is 0.414 e. The third-order valence-corrected chi connectivity index (χ3v) is 12.8. The van der Waals surface area contributed by atoms with Crippen LogP contribution in [0, 0.1) is 10.8 Å². The number of nitrogens with zero attached hydrogens (tertiary/aromatic N) is 4. The highest BCUT2D eigenvalue weighted by Gasteiger charge is 2.35. The van der Waals surface area contributed by atoms with E-state index >= 15 is 0 Å². The van der Waals surface area contributed by atoms with Crippen LogP contribution in [0.2, 0.25) is 0 Å². The minimum absolute atomic E-state index is 0.0206. The minimum Gasteiger partial charge on any atom is -0.468 e. The van der Waals surface area contributed by atoms with Crippen molar-refractivity contribution in [2.75, 3.05) is 82.1 Å². The summed E-state index contributed by atoms with van der Waals surface area (Å²) in [7, 11) is -2.25. The number of nitrogens with one attached hydrogen (secondary N) is 4. The normalized spacial score (nSPS) is 17.1. The van der Waals surface area contributed by atoms with Gasteiger partial charge in [-0.2, -0.15) is 8.42 Å². The number of hydrogen-bond donors (Lipinski definition) is 4. The van der Waals surface area contributed by atoms with Crippen LogP contribution in [0.3, 0.4) is 0 Å². The lowest BCUT2D eigenvalue weighted by molar-refractivity contribution is -0.142. The lowest BCUT2D eigenvalue weighted by Gasteiger charge is -2.34. The number of piperazine rings is 1. The maximum atomic E-state index is 12.9. The molecule has 3 fully saturated rings. The quantitative estimate of drug-likeness (QED) is 0.0362. The highest BCUT2D eigenvalue weighted by molar-refractivity contribution is 7.86. The number of amides is 4. The summed E-state index contributed by atoms with van der Waals surface area (Å²) in [5.41, 5.74) is 3.14. The Labute approximate surface area is 415 Å². The zero-order valence-corrected chi connectivity index (χ0v) is 40.2. The summed E-state index contributed by atoms with van der Waals surface area (Å²) >= 11 is 0. The zero-order valence-electron chi connectivity index (χ0n) is 39.4. The second-order valence-corrected chi connectivity index (χ2v) is 18.8. The third-order valence-electron chi connectivity index (χ3n) is 12.2. The molecule has 2 atom stereocenters. The number of rotatable bonds is 13. The van der Waals surface area contributed by atoms with E-state index < -0.39 is 34.3 Å². The summed E-state index contributed by atoms with van der Waals surface area (Å²) in [6.45, 7) is 4.28. The fourth-order valence-electron chi connectivity index (χ4n) is 8.48. The molecule has 0 aliphatic carbocycles. The fraction of sp³-hybridized carbons (Fsp3) is 0.250. The highest BCUT2D eigenvalue weighted by Crippen LogP contribution is 2.26. The monoisotopic (exact) mass is 996 g/mol. The van der Waals surface area contributed by atoms with Crippen LogP contribution in [0.1, 0.15) is 31.8 Å². The number of anilines is 2. The Morgan fingerprint density at radius 1 is 0.611 bits per heavy atom. The molecule has 372 valence electrons. The Morgan fingerprint density at radius 3 is 1.51 bits per heavy atom. The van der Waals surface area contributed by atoms with Gasteiger partial charge in [-0.05, 0) is 82.2 Å². The van der Waals surface area contributed by atoms with Crippen molar-refractivity contribution in [3.63, 3.8) is 0 Å². The van der Waals surface area contributed by atoms with Crippen LogP contribution in [-0.4, -0.2) is 144 Å². The first kappa shape index (κ1) is 50.4. The molecule has 6 aromatic rings. The second kappa shape index (κ2) is 22.4. The molecule has 4 N–H and O–H groups in total. The van der Waals surface area contributed by atoms with Gasteiger partial charge in [-0.3, -0.25) is 49.0 Å². The molecule has 0 aromatic heterocycles. The van der Waals surface area contributed by atoms with E-state index in [0.29, 0.717) is 46.7 Å². The molecule has 19 nitrogen and oxygen atoms in total. The summed E-state index contributed by atoms with van der Waals surface area (Å²) in [4.78, 5) is 69.1. The molecule has 0 saturated carbocycles. The highest BCUT2D eigenvalue weighted by atomic mass is 32.2. The van der Waals surface area contributed by atoms with Crippen LogP contribution in [0.5, 0.6) is 0 Å². The van der Waals surface area contributed by atoms with Crippen molar-refractivity contribution in [3.8, 4) is 0 Å². The molecular formula is C52H52N8O11S. The first-order valence-corrected chi connectivity index (χ1v) is 24.7. The molecular weight excluding hydrogens is 945 g/mol. The lowest BCUT2D eigenvalue weighted by Crippen LogP contribution is -2.50. The van der Waals surface area contributed by atoms with Gasteiger partial charge >= 0.3 is 18.2 Å². The van der Waals surface area contributed by atoms with E-state index in [-0.39, 0.29) is 49.3 Å². The maximum Gasteiger partial charge on any atom is 0.414 e. The van der Waals surface area contributed by atoms with Crippen molar-refractivity contribution >= 4 is 84.7 Å². The topological polar surface area (TPSA) is 241 Å². The molecule has 0 radical (unpaired) electrons. The van der Waals surface area contributed by atoms with Crippen LogP contribution >= 0.6 is 0 Å². The number of methoxy groups -OCH3 is 1. The van der Waals surface area contributed by atoms with Gasteiger partial charge in [-0.15, -0.1) is 0 Å². The van der Waals surface area contributed by atoms with Crippen molar-refractivity contribution in [3.05, 3.63) is 156 Å². The van der Waals surface area contributed by atoms with Crippen molar-refractivity contribution in [2.24, 2.45) is 0 Å². The number of hydrogen-bond acceptors (Lipinski definition) is 15. The summed E-state index contributed by atoms with van der Waals surface area (Å²) in [6, 6.07) is 39.4. The van der Waals surface area contributed by atoms with E-state index in [9.17, 15) is 32.4 Å². The summed E-state index contributed by atoms with van der Waals surface area (Å²) in [5, 5.41) is 25.5. The largest absolute Gasteiger partial charge is 0.468 e. The number of fused-ring (bicyclic) bond motifs is 2. The Hall–Kier alpha value is -8.04. The Balaban J connectivity index is 0.000000195. The van der Waals surface area contributed by atoms with Gasteiger partial charge in [-0.1, -0.05) is 72.8 Å². The summed E-state index contributed by atoms with van der Waals surface area (Å²) in [6.07, 6.45) is -1.08. The van der Waals surface area contributed by atoms with Crippen LogP contribution < -0.4 is 20.4 Å². The Kier molecular flexibility index (Phi) is 15.6. The molecule has 9 rings (SSSR count). The molecule has 3 saturated heterocycles. The molecule has 3 aliphatic rings. The van der Waals surface area contributed by atoms with E-state index in [4.69, 9.17) is 29.2 Å². The zero-order chi connectivity index (χ0) is 50.9. The minimum atomic E-state index is -3.64. The SMILES string of the molecule is COC(=O)CN1CCN(CC2CN(c3ccc(C(=N)NC(=O)c4cccc5ccccc45)cc3)C(=O)O2)CC1.CS(=O)(=O)OCC1CN(c2ccc(C(=N)NC(=O)c3cccc4ccccc34)cc2)C(=O)O1. The molecule has 20 heteroatoms. The summed E-state index contributed by atoms with van der Waals surface area (Å²) < 4.78 is 42.4. The second-order valence-electron chi connectivity index (χ2n) is 17.2. The van der Waals surface area contributed by atoms with Gasteiger partial charge in [0, 0.05) is 66.4 Å². The number of ether oxygens (including phenoxy) is 3. The first-order valence-electron chi connectivity index (χ1n) is 22.9. The number of carbonyl (C=O) groups excluding carboxylic acids is 5. The van der Waals surface area contributed by atoms with Gasteiger partial charge in [0.25, 0.3) is 21.9 Å². The van der Waals surface area contributed by atoms with E-state index in [1.165, 1.54) is 12.0 Å².